The molecule has 0 radical (unpaired) electrons. The number of fused-ring (bicyclic) bond motifs is 3. The summed E-state index contributed by atoms with van der Waals surface area (Å²) in [4.78, 5) is 24.4. The fraction of sp³-hybridized carbons (Fsp3) is 0.312. The lowest BCUT2D eigenvalue weighted by Crippen LogP contribution is -2.06. The molecular weight excluding hydrogens is 302 g/mol. The Labute approximate surface area is 131 Å². The van der Waals surface area contributed by atoms with Gasteiger partial charge < -0.3 is 4.74 Å². The zero-order chi connectivity index (χ0) is 15.9. The van der Waals surface area contributed by atoms with Crippen LogP contribution in [0.25, 0.3) is 10.4 Å². The number of nitro groups is 1. The van der Waals surface area contributed by atoms with Crippen molar-refractivity contribution in [1.29, 1.82) is 0 Å². The number of hydrogen-bond acceptors (Lipinski definition) is 5. The maximum absolute atomic E-state index is 11.9. The Morgan fingerprint density at radius 2 is 2.18 bits per heavy atom. The van der Waals surface area contributed by atoms with Crippen molar-refractivity contribution < 1.29 is 14.5 Å². The maximum Gasteiger partial charge on any atom is 0.348 e. The zero-order valence-electron chi connectivity index (χ0n) is 12.3. The number of rotatable bonds is 3. The second-order valence-electron chi connectivity index (χ2n) is 5.20. The van der Waals surface area contributed by atoms with Crippen molar-refractivity contribution in [2.24, 2.45) is 0 Å². The van der Waals surface area contributed by atoms with Crippen molar-refractivity contribution in [3.8, 4) is 10.4 Å². The summed E-state index contributed by atoms with van der Waals surface area (Å²) < 4.78 is 5.04. The third kappa shape index (κ3) is 2.29. The lowest BCUT2D eigenvalue weighted by atomic mass is 9.88. The molecule has 1 aliphatic rings. The topological polar surface area (TPSA) is 69.4 Å². The van der Waals surface area contributed by atoms with E-state index in [0.29, 0.717) is 29.9 Å². The van der Waals surface area contributed by atoms with E-state index < -0.39 is 0 Å². The van der Waals surface area contributed by atoms with Crippen LogP contribution in [0.5, 0.6) is 0 Å². The SMILES string of the molecule is CCOC(=O)c1cc2c(s1)-c1ccc(C)c([N+](=O)[O-])c1CC2. The second kappa shape index (κ2) is 5.53. The van der Waals surface area contributed by atoms with Crippen molar-refractivity contribution in [1.82, 2.24) is 0 Å². The van der Waals surface area contributed by atoms with Gasteiger partial charge in [0.05, 0.1) is 11.5 Å². The number of hydrogen-bond donors (Lipinski definition) is 0. The molecule has 0 N–H and O–H groups in total. The van der Waals surface area contributed by atoms with E-state index in [1.807, 2.05) is 12.1 Å². The first-order chi connectivity index (χ1) is 10.5. The van der Waals surface area contributed by atoms with Crippen LogP contribution < -0.4 is 0 Å². The van der Waals surface area contributed by atoms with Crippen LogP contribution in [0.1, 0.15) is 33.3 Å². The molecule has 0 unspecified atom stereocenters. The van der Waals surface area contributed by atoms with Crippen LogP contribution in [0.4, 0.5) is 5.69 Å². The van der Waals surface area contributed by atoms with Gasteiger partial charge in [-0.1, -0.05) is 12.1 Å². The summed E-state index contributed by atoms with van der Waals surface area (Å²) in [6, 6.07) is 5.55. The van der Waals surface area contributed by atoms with Gasteiger partial charge in [-0.15, -0.1) is 11.3 Å². The Morgan fingerprint density at radius 1 is 1.41 bits per heavy atom. The van der Waals surface area contributed by atoms with E-state index in [-0.39, 0.29) is 16.6 Å². The van der Waals surface area contributed by atoms with E-state index in [4.69, 9.17) is 4.74 Å². The molecule has 0 fully saturated rings. The van der Waals surface area contributed by atoms with Crippen molar-refractivity contribution in [2.45, 2.75) is 26.7 Å². The Bertz CT molecular complexity index is 779. The smallest absolute Gasteiger partial charge is 0.348 e. The molecule has 0 saturated carbocycles. The van der Waals surface area contributed by atoms with Gasteiger partial charge in [0.15, 0.2) is 0 Å². The Balaban J connectivity index is 2.13. The summed E-state index contributed by atoms with van der Waals surface area (Å²) in [6.07, 6.45) is 1.34. The molecule has 2 aromatic rings. The molecule has 6 heteroatoms. The number of carbonyl (C=O) groups excluding carboxylic acids is 1. The van der Waals surface area contributed by atoms with Crippen molar-refractivity contribution in [3.63, 3.8) is 0 Å². The number of nitro benzene ring substituents is 1. The van der Waals surface area contributed by atoms with Gasteiger partial charge in [-0.05, 0) is 38.3 Å². The van der Waals surface area contributed by atoms with Crippen LogP contribution in [-0.2, 0) is 17.6 Å². The van der Waals surface area contributed by atoms with Crippen LogP contribution >= 0.6 is 11.3 Å². The van der Waals surface area contributed by atoms with Crippen LogP contribution in [0.3, 0.4) is 0 Å². The van der Waals surface area contributed by atoms with Gasteiger partial charge in [-0.3, -0.25) is 10.1 Å². The van der Waals surface area contributed by atoms with Gasteiger partial charge in [0, 0.05) is 21.6 Å². The minimum atomic E-state index is -0.329. The highest BCUT2D eigenvalue weighted by Crippen LogP contribution is 2.43. The normalized spacial score (nSPS) is 12.5. The summed E-state index contributed by atoms with van der Waals surface area (Å²) in [5.74, 6) is -0.329. The van der Waals surface area contributed by atoms with Crippen LogP contribution in [0, 0.1) is 17.0 Å². The average Bonchev–Trinajstić information content (AvgIpc) is 2.91. The summed E-state index contributed by atoms with van der Waals surface area (Å²) in [7, 11) is 0. The molecule has 0 saturated heterocycles. The fourth-order valence-corrected chi connectivity index (χ4v) is 4.03. The van der Waals surface area contributed by atoms with Crippen LogP contribution in [0.2, 0.25) is 0 Å². The molecule has 0 spiro atoms. The molecule has 0 amide bonds. The molecule has 1 aliphatic carbocycles. The molecule has 0 atom stereocenters. The largest absolute Gasteiger partial charge is 0.462 e. The summed E-state index contributed by atoms with van der Waals surface area (Å²) >= 11 is 1.36. The van der Waals surface area contributed by atoms with Crippen LogP contribution in [-0.4, -0.2) is 17.5 Å². The fourth-order valence-electron chi connectivity index (χ4n) is 2.88. The first-order valence-corrected chi connectivity index (χ1v) is 7.91. The average molecular weight is 317 g/mol. The van der Waals surface area contributed by atoms with E-state index in [9.17, 15) is 14.9 Å². The molecule has 0 aliphatic heterocycles. The lowest BCUT2D eigenvalue weighted by Gasteiger charge is -2.16. The zero-order valence-corrected chi connectivity index (χ0v) is 13.2. The first-order valence-electron chi connectivity index (χ1n) is 7.10. The minimum absolute atomic E-state index is 0.203. The highest BCUT2D eigenvalue weighted by molar-refractivity contribution is 7.17. The van der Waals surface area contributed by atoms with Gasteiger partial charge in [-0.2, -0.15) is 0 Å². The molecule has 1 heterocycles. The maximum atomic E-state index is 11.9. The second-order valence-corrected chi connectivity index (χ2v) is 6.25. The number of thiophene rings is 1. The van der Waals surface area contributed by atoms with Gasteiger partial charge in [0.2, 0.25) is 0 Å². The molecule has 22 heavy (non-hydrogen) atoms. The van der Waals surface area contributed by atoms with E-state index in [2.05, 4.69) is 0 Å². The van der Waals surface area contributed by atoms with Crippen molar-refractivity contribution >= 4 is 23.0 Å². The standard InChI is InChI=1S/C16H15NO4S/c1-3-21-16(18)13-8-10-5-7-11-12(15(10)22-13)6-4-9(2)14(11)17(19)20/h4,6,8H,3,5,7H2,1-2H3. The molecular formula is C16H15NO4S. The molecule has 5 nitrogen and oxygen atoms in total. The predicted molar refractivity (Wildman–Crippen MR) is 84.5 cm³/mol. The quantitative estimate of drug-likeness (QED) is 0.489. The molecule has 0 bridgehead atoms. The van der Waals surface area contributed by atoms with Gasteiger partial charge in [0.1, 0.15) is 4.88 Å². The summed E-state index contributed by atoms with van der Waals surface area (Å²) in [5, 5.41) is 11.3. The van der Waals surface area contributed by atoms with Crippen molar-refractivity contribution in [2.75, 3.05) is 6.61 Å². The molecule has 1 aromatic heterocycles. The molecule has 1 aromatic carbocycles. The highest BCUT2D eigenvalue weighted by Gasteiger charge is 2.28. The van der Waals surface area contributed by atoms with E-state index in [0.717, 1.165) is 21.6 Å². The Kier molecular flexibility index (Phi) is 3.70. The van der Waals surface area contributed by atoms with Crippen LogP contribution in [0.15, 0.2) is 18.2 Å². The first kappa shape index (κ1) is 14.7. The number of ether oxygens (including phenoxy) is 1. The summed E-state index contributed by atoms with van der Waals surface area (Å²) in [5.41, 5.74) is 3.59. The molecule has 114 valence electrons. The van der Waals surface area contributed by atoms with E-state index >= 15 is 0 Å². The minimum Gasteiger partial charge on any atom is -0.462 e. The highest BCUT2D eigenvalue weighted by atomic mass is 32.1. The third-order valence-corrected chi connectivity index (χ3v) is 5.03. The number of benzene rings is 1. The van der Waals surface area contributed by atoms with Gasteiger partial charge in [0.25, 0.3) is 5.69 Å². The lowest BCUT2D eigenvalue weighted by molar-refractivity contribution is -0.386. The van der Waals surface area contributed by atoms with Crippen molar-refractivity contribution in [3.05, 3.63) is 49.9 Å². The number of nitrogens with zero attached hydrogens (tertiary/aromatic N) is 1. The molecule has 3 rings (SSSR count). The monoisotopic (exact) mass is 317 g/mol. The Morgan fingerprint density at radius 3 is 2.86 bits per heavy atom. The van der Waals surface area contributed by atoms with Gasteiger partial charge in [-0.25, -0.2) is 4.79 Å². The number of carbonyl (C=O) groups is 1. The third-order valence-electron chi connectivity index (χ3n) is 3.84. The Hall–Kier alpha value is -2.21. The number of esters is 1. The van der Waals surface area contributed by atoms with E-state index in [1.54, 1.807) is 19.9 Å². The van der Waals surface area contributed by atoms with E-state index in [1.165, 1.54) is 11.3 Å². The summed E-state index contributed by atoms with van der Waals surface area (Å²) in [6.45, 7) is 3.86. The predicted octanol–water partition coefficient (Wildman–Crippen LogP) is 3.91. The number of aryl methyl sites for hydroxylation is 2. The van der Waals surface area contributed by atoms with Gasteiger partial charge >= 0.3 is 5.97 Å².